The van der Waals surface area contributed by atoms with Crippen molar-refractivity contribution in [2.45, 2.75) is 13.0 Å². The highest BCUT2D eigenvalue weighted by Gasteiger charge is 2.11. The highest BCUT2D eigenvalue weighted by atomic mass is 79.9. The molecule has 1 aromatic heterocycles. The number of carbonyl (C=O) groups excluding carboxylic acids is 1. The molecule has 0 aliphatic rings. The van der Waals surface area contributed by atoms with E-state index >= 15 is 0 Å². The number of nitrogens with one attached hydrogen (secondary N) is 1. The van der Waals surface area contributed by atoms with Crippen LogP contribution in [0.25, 0.3) is 0 Å². The van der Waals surface area contributed by atoms with Crippen molar-refractivity contribution in [2.75, 3.05) is 13.7 Å². The molecule has 0 saturated carbocycles. The molecular formula is C9H12BrNO2S. The lowest BCUT2D eigenvalue weighted by Crippen LogP contribution is -2.31. The second-order valence-electron chi connectivity index (χ2n) is 2.85. The fraction of sp³-hybridized carbons (Fsp3) is 0.444. The summed E-state index contributed by atoms with van der Waals surface area (Å²) in [4.78, 5) is 12.3. The lowest BCUT2D eigenvalue weighted by Gasteiger charge is -2.09. The molecule has 0 fully saturated rings. The van der Waals surface area contributed by atoms with Gasteiger partial charge < -0.3 is 10.1 Å². The van der Waals surface area contributed by atoms with Crippen LogP contribution in [0.3, 0.4) is 0 Å². The Bertz CT molecular complexity index is 314. The first kappa shape index (κ1) is 11.7. The molecule has 1 amide bonds. The normalized spacial score (nSPS) is 12.5. The number of hydrogen-bond donors (Lipinski definition) is 1. The third kappa shape index (κ3) is 3.08. The van der Waals surface area contributed by atoms with Crippen LogP contribution in [0.4, 0.5) is 0 Å². The number of amides is 1. The number of methoxy groups -OCH3 is 1. The molecular weight excluding hydrogens is 266 g/mol. The second-order valence-corrected chi connectivity index (χ2v) is 4.62. The van der Waals surface area contributed by atoms with Crippen LogP contribution in [0.15, 0.2) is 15.9 Å². The Kier molecular flexibility index (Phi) is 4.57. The summed E-state index contributed by atoms with van der Waals surface area (Å²) in [5, 5.41) is 4.67. The molecule has 3 nitrogen and oxygen atoms in total. The van der Waals surface area contributed by atoms with E-state index in [0.29, 0.717) is 11.4 Å². The first-order valence-electron chi connectivity index (χ1n) is 4.19. The summed E-state index contributed by atoms with van der Waals surface area (Å²) in [7, 11) is 1.62. The summed E-state index contributed by atoms with van der Waals surface area (Å²) in [5.74, 6) is -0.0595. The topological polar surface area (TPSA) is 38.3 Å². The highest BCUT2D eigenvalue weighted by molar-refractivity contribution is 9.10. The lowest BCUT2D eigenvalue weighted by atomic mass is 10.4. The molecule has 0 spiro atoms. The monoisotopic (exact) mass is 277 g/mol. The zero-order valence-corrected chi connectivity index (χ0v) is 10.4. The average molecular weight is 278 g/mol. The zero-order valence-electron chi connectivity index (χ0n) is 8.04. The zero-order chi connectivity index (χ0) is 10.6. The summed E-state index contributed by atoms with van der Waals surface area (Å²) in [6, 6.07) is 1.86. The van der Waals surface area contributed by atoms with Gasteiger partial charge in [-0.05, 0) is 34.3 Å². The van der Waals surface area contributed by atoms with E-state index in [9.17, 15) is 4.79 Å². The summed E-state index contributed by atoms with van der Waals surface area (Å²) < 4.78 is 5.86. The molecule has 0 saturated heterocycles. The van der Waals surface area contributed by atoms with Gasteiger partial charge in [-0.25, -0.2) is 0 Å². The van der Waals surface area contributed by atoms with Crippen LogP contribution in [-0.2, 0) is 4.74 Å². The Labute approximate surface area is 95.6 Å². The van der Waals surface area contributed by atoms with Crippen LogP contribution in [0.5, 0.6) is 0 Å². The number of thiophene rings is 1. The van der Waals surface area contributed by atoms with Gasteiger partial charge in [-0.1, -0.05) is 0 Å². The van der Waals surface area contributed by atoms with Crippen molar-refractivity contribution in [1.82, 2.24) is 5.32 Å². The SMILES string of the molecule is COC(C)CNC(=O)c1sccc1Br. The van der Waals surface area contributed by atoms with Crippen molar-refractivity contribution < 1.29 is 9.53 Å². The summed E-state index contributed by atoms with van der Waals surface area (Å²) in [6.07, 6.45) is 0.0395. The van der Waals surface area contributed by atoms with E-state index in [4.69, 9.17) is 4.74 Å². The van der Waals surface area contributed by atoms with Gasteiger partial charge in [-0.15, -0.1) is 11.3 Å². The maximum absolute atomic E-state index is 11.6. The van der Waals surface area contributed by atoms with E-state index in [-0.39, 0.29) is 12.0 Å². The van der Waals surface area contributed by atoms with Gasteiger partial charge in [-0.2, -0.15) is 0 Å². The molecule has 5 heteroatoms. The third-order valence-electron chi connectivity index (χ3n) is 1.78. The standard InChI is InChI=1S/C9H12BrNO2S/c1-6(13-2)5-11-9(12)8-7(10)3-4-14-8/h3-4,6H,5H2,1-2H3,(H,11,12). The van der Waals surface area contributed by atoms with E-state index in [2.05, 4.69) is 21.2 Å². The molecule has 1 atom stereocenters. The third-order valence-corrected chi connectivity index (χ3v) is 3.61. The van der Waals surface area contributed by atoms with Crippen LogP contribution in [-0.4, -0.2) is 25.7 Å². The number of carbonyl (C=O) groups is 1. The minimum atomic E-state index is -0.0595. The fourth-order valence-corrected chi connectivity index (χ4v) is 2.32. The molecule has 14 heavy (non-hydrogen) atoms. The first-order valence-corrected chi connectivity index (χ1v) is 5.86. The Morgan fingerprint density at radius 1 is 1.79 bits per heavy atom. The Balaban J connectivity index is 2.47. The average Bonchev–Trinajstić information content (AvgIpc) is 2.60. The van der Waals surface area contributed by atoms with Crippen LogP contribution in [0.1, 0.15) is 16.6 Å². The van der Waals surface area contributed by atoms with Crippen molar-refractivity contribution in [3.8, 4) is 0 Å². The van der Waals surface area contributed by atoms with E-state index in [1.165, 1.54) is 11.3 Å². The van der Waals surface area contributed by atoms with Gasteiger partial charge in [0.2, 0.25) is 0 Å². The lowest BCUT2D eigenvalue weighted by molar-refractivity contribution is 0.0873. The number of hydrogen-bond acceptors (Lipinski definition) is 3. The van der Waals surface area contributed by atoms with Gasteiger partial charge in [-0.3, -0.25) is 4.79 Å². The minimum absolute atomic E-state index is 0.0395. The molecule has 1 N–H and O–H groups in total. The molecule has 0 aromatic carbocycles. The van der Waals surface area contributed by atoms with Crippen LogP contribution in [0.2, 0.25) is 0 Å². The minimum Gasteiger partial charge on any atom is -0.380 e. The maximum Gasteiger partial charge on any atom is 0.262 e. The van der Waals surface area contributed by atoms with E-state index in [1.807, 2.05) is 18.4 Å². The number of halogens is 1. The van der Waals surface area contributed by atoms with Crippen LogP contribution < -0.4 is 5.32 Å². The molecule has 0 radical (unpaired) electrons. The van der Waals surface area contributed by atoms with Crippen molar-refractivity contribution in [3.63, 3.8) is 0 Å². The molecule has 0 aliphatic carbocycles. The van der Waals surface area contributed by atoms with E-state index < -0.39 is 0 Å². The van der Waals surface area contributed by atoms with Gasteiger partial charge in [0.05, 0.1) is 6.10 Å². The summed E-state index contributed by atoms with van der Waals surface area (Å²) in [6.45, 7) is 2.43. The molecule has 1 aromatic rings. The van der Waals surface area contributed by atoms with E-state index in [1.54, 1.807) is 7.11 Å². The molecule has 1 rings (SSSR count). The quantitative estimate of drug-likeness (QED) is 0.917. The molecule has 0 bridgehead atoms. The Hall–Kier alpha value is -0.390. The predicted octanol–water partition coefficient (Wildman–Crippen LogP) is 2.28. The fourth-order valence-electron chi connectivity index (χ4n) is 0.856. The maximum atomic E-state index is 11.6. The number of rotatable bonds is 4. The summed E-state index contributed by atoms with van der Waals surface area (Å²) in [5.41, 5.74) is 0. The Morgan fingerprint density at radius 2 is 2.50 bits per heavy atom. The molecule has 0 aliphatic heterocycles. The molecule has 1 unspecified atom stereocenters. The van der Waals surface area contributed by atoms with Crippen molar-refractivity contribution >= 4 is 33.2 Å². The Morgan fingerprint density at radius 3 is 3.00 bits per heavy atom. The molecule has 78 valence electrons. The molecule has 1 heterocycles. The van der Waals surface area contributed by atoms with Gasteiger partial charge >= 0.3 is 0 Å². The van der Waals surface area contributed by atoms with Crippen LogP contribution in [0, 0.1) is 0 Å². The van der Waals surface area contributed by atoms with Gasteiger partial charge in [0.1, 0.15) is 4.88 Å². The van der Waals surface area contributed by atoms with Crippen molar-refractivity contribution in [3.05, 3.63) is 20.8 Å². The second kappa shape index (κ2) is 5.48. The highest BCUT2D eigenvalue weighted by Crippen LogP contribution is 2.22. The van der Waals surface area contributed by atoms with Gasteiger partial charge in [0.25, 0.3) is 5.91 Å². The summed E-state index contributed by atoms with van der Waals surface area (Å²) >= 11 is 4.73. The van der Waals surface area contributed by atoms with Crippen LogP contribution >= 0.6 is 27.3 Å². The predicted molar refractivity (Wildman–Crippen MR) is 60.8 cm³/mol. The largest absolute Gasteiger partial charge is 0.380 e. The van der Waals surface area contributed by atoms with Crippen molar-refractivity contribution in [2.24, 2.45) is 0 Å². The van der Waals surface area contributed by atoms with Gasteiger partial charge in [0.15, 0.2) is 0 Å². The smallest absolute Gasteiger partial charge is 0.262 e. The van der Waals surface area contributed by atoms with E-state index in [0.717, 1.165) is 4.47 Å². The first-order chi connectivity index (χ1) is 6.65. The van der Waals surface area contributed by atoms with Crippen molar-refractivity contribution in [1.29, 1.82) is 0 Å². The number of ether oxygens (including phenoxy) is 1. The van der Waals surface area contributed by atoms with Gasteiger partial charge in [0, 0.05) is 18.1 Å².